The predicted molar refractivity (Wildman–Crippen MR) is 271 cm³/mol. The molecule has 0 bridgehead atoms. The van der Waals surface area contributed by atoms with Crippen LogP contribution in [0.15, 0.2) is 217 Å². The van der Waals surface area contributed by atoms with Crippen molar-refractivity contribution in [2.45, 2.75) is 0 Å². The summed E-state index contributed by atoms with van der Waals surface area (Å²) in [4.78, 5) is 0. The molecule has 0 spiro atoms. The van der Waals surface area contributed by atoms with Crippen molar-refractivity contribution in [2.75, 3.05) is 0 Å². The lowest BCUT2D eigenvalue weighted by Gasteiger charge is -2.34. The molecule has 0 radical (unpaired) electrons. The lowest BCUT2D eigenvalue weighted by atomic mass is 9.34. The summed E-state index contributed by atoms with van der Waals surface area (Å²) in [6.45, 7) is -0.102. The Morgan fingerprint density at radius 1 is 0.348 bits per heavy atom. The van der Waals surface area contributed by atoms with Gasteiger partial charge in [0.2, 0.25) is 0 Å². The molecule has 2 aliphatic heterocycles. The number of furan rings is 1. The van der Waals surface area contributed by atoms with Gasteiger partial charge in [-0.15, -0.1) is 0 Å². The lowest BCUT2D eigenvalue weighted by Crippen LogP contribution is -2.57. The Bertz CT molecular complexity index is 4050. The maximum atomic E-state index is 7.17. The molecular formula is C60H35BN2O3. The van der Waals surface area contributed by atoms with Crippen molar-refractivity contribution in [3.05, 3.63) is 212 Å². The zero-order valence-corrected chi connectivity index (χ0v) is 35.4. The Morgan fingerprint density at radius 2 is 0.818 bits per heavy atom. The van der Waals surface area contributed by atoms with Gasteiger partial charge < -0.3 is 23.0 Å². The zero-order chi connectivity index (χ0) is 43.0. The second-order valence-electron chi connectivity index (χ2n) is 17.5. The Labute approximate surface area is 379 Å². The van der Waals surface area contributed by atoms with Crippen molar-refractivity contribution in [3.63, 3.8) is 0 Å². The maximum Gasteiger partial charge on any atom is 0.260 e. The normalized spacial score (nSPS) is 12.8. The highest BCUT2D eigenvalue weighted by Crippen LogP contribution is 2.50. The molecular weight excluding hydrogens is 807 g/mol. The maximum absolute atomic E-state index is 7.17. The number of hydrogen-bond acceptors (Lipinski definition) is 3. The molecule has 5 nitrogen and oxygen atoms in total. The summed E-state index contributed by atoms with van der Waals surface area (Å²) in [6, 6.07) is 75.5. The monoisotopic (exact) mass is 842 g/mol. The molecule has 0 atom stereocenters. The molecule has 0 N–H and O–H groups in total. The number of rotatable bonds is 4. The van der Waals surface area contributed by atoms with Crippen LogP contribution in [0.25, 0.3) is 99.2 Å². The van der Waals surface area contributed by atoms with E-state index in [0.717, 1.165) is 139 Å². The van der Waals surface area contributed by atoms with E-state index in [1.165, 1.54) is 0 Å². The topological polar surface area (TPSA) is 41.5 Å². The summed E-state index contributed by atoms with van der Waals surface area (Å²) in [6.07, 6.45) is 0. The van der Waals surface area contributed by atoms with Crippen molar-refractivity contribution in [1.82, 2.24) is 9.13 Å². The third-order valence-electron chi connectivity index (χ3n) is 14.0. The lowest BCUT2D eigenvalue weighted by molar-refractivity contribution is 0.464. The molecule has 0 unspecified atom stereocenters. The van der Waals surface area contributed by atoms with Gasteiger partial charge in [0.25, 0.3) is 6.71 Å². The van der Waals surface area contributed by atoms with Crippen LogP contribution in [-0.2, 0) is 0 Å². The van der Waals surface area contributed by atoms with Gasteiger partial charge in [0, 0.05) is 44.8 Å². The SMILES string of the molecule is c1ccc(-c2ccc3c(c2)Oc2cc(-n4c5ccccc5c5c6oc7ccccc7c6c6c(c7ccccc7n6-c6ccccc6)c54)cc4c2B3c2ccc(-c3ccccc3)cc2O4)cc1. The van der Waals surface area contributed by atoms with Crippen LogP contribution in [-0.4, -0.2) is 15.8 Å². The van der Waals surface area contributed by atoms with Gasteiger partial charge in [0.05, 0.1) is 38.5 Å². The third-order valence-corrected chi connectivity index (χ3v) is 14.0. The van der Waals surface area contributed by atoms with E-state index in [0.29, 0.717) is 0 Å². The molecule has 0 saturated heterocycles. The minimum absolute atomic E-state index is 0.102. The van der Waals surface area contributed by atoms with E-state index in [2.05, 4.69) is 221 Å². The largest absolute Gasteiger partial charge is 0.458 e. The molecule has 0 fully saturated rings. The van der Waals surface area contributed by atoms with Crippen LogP contribution in [0.5, 0.6) is 23.0 Å². The summed E-state index contributed by atoms with van der Waals surface area (Å²) in [5.41, 5.74) is 15.9. The summed E-state index contributed by atoms with van der Waals surface area (Å²) >= 11 is 0. The Morgan fingerprint density at radius 3 is 1.41 bits per heavy atom. The summed E-state index contributed by atoms with van der Waals surface area (Å²) in [5.74, 6) is 3.25. The molecule has 0 amide bonds. The molecule has 13 aromatic rings. The van der Waals surface area contributed by atoms with Crippen molar-refractivity contribution in [3.8, 4) is 56.6 Å². The van der Waals surface area contributed by atoms with Crippen LogP contribution in [0.3, 0.4) is 0 Å². The third kappa shape index (κ3) is 4.90. The smallest absolute Gasteiger partial charge is 0.260 e. The van der Waals surface area contributed by atoms with Gasteiger partial charge in [-0.05, 0) is 75.6 Å². The van der Waals surface area contributed by atoms with Gasteiger partial charge in [0.15, 0.2) is 0 Å². The molecule has 3 aromatic heterocycles. The fourth-order valence-corrected chi connectivity index (χ4v) is 11.2. The first-order chi connectivity index (χ1) is 32.7. The molecule has 66 heavy (non-hydrogen) atoms. The quantitative estimate of drug-likeness (QED) is 0.166. The second kappa shape index (κ2) is 13.4. The molecule has 15 rings (SSSR count). The van der Waals surface area contributed by atoms with Crippen LogP contribution in [0.4, 0.5) is 0 Å². The molecule has 10 aromatic carbocycles. The first-order valence-corrected chi connectivity index (χ1v) is 22.5. The molecule has 2 aliphatic rings. The van der Waals surface area contributed by atoms with E-state index in [4.69, 9.17) is 13.9 Å². The fraction of sp³-hybridized carbons (Fsp3) is 0. The number of aromatic nitrogens is 2. The average molecular weight is 843 g/mol. The van der Waals surface area contributed by atoms with E-state index < -0.39 is 0 Å². The van der Waals surface area contributed by atoms with Crippen molar-refractivity contribution in [2.24, 2.45) is 0 Å². The van der Waals surface area contributed by atoms with E-state index in [1.807, 2.05) is 0 Å². The predicted octanol–water partition coefficient (Wildman–Crippen LogP) is 13.8. The number of ether oxygens (including phenoxy) is 2. The van der Waals surface area contributed by atoms with Crippen molar-refractivity contribution < 1.29 is 13.9 Å². The molecule has 6 heteroatoms. The molecule has 306 valence electrons. The standard InChI is InChI=1S/C60H35BN2O3/c1-4-16-36(17-5-1)38-28-30-45-50(32-38)64-52-34-41(35-53-57(52)61(45)46-31-29-39(33-51(46)65-53)37-18-6-2-7-19-37)63-48-26-14-11-23-43(48)55-58(63)54-42-22-10-13-25-47(42)62(40-20-8-3-9-21-40)59(54)56-44-24-12-15-27-49(44)66-60(55)56/h1-35H. The van der Waals surface area contributed by atoms with Gasteiger partial charge in [-0.1, -0.05) is 158 Å². The average Bonchev–Trinajstić information content (AvgIpc) is 4.05. The summed E-state index contributed by atoms with van der Waals surface area (Å²) in [7, 11) is 0. The highest BCUT2D eigenvalue weighted by Gasteiger charge is 2.41. The second-order valence-corrected chi connectivity index (χ2v) is 17.5. The van der Waals surface area contributed by atoms with Crippen LogP contribution in [0.1, 0.15) is 0 Å². The van der Waals surface area contributed by atoms with E-state index in [-0.39, 0.29) is 6.71 Å². The van der Waals surface area contributed by atoms with Gasteiger partial charge in [0.1, 0.15) is 34.2 Å². The van der Waals surface area contributed by atoms with Crippen molar-refractivity contribution in [1.29, 1.82) is 0 Å². The number of fused-ring (bicyclic) bond motifs is 16. The summed E-state index contributed by atoms with van der Waals surface area (Å²) < 4.78 is 26.3. The molecule has 0 aliphatic carbocycles. The van der Waals surface area contributed by atoms with E-state index >= 15 is 0 Å². The van der Waals surface area contributed by atoms with E-state index in [9.17, 15) is 0 Å². The van der Waals surface area contributed by atoms with E-state index in [1.54, 1.807) is 0 Å². The van der Waals surface area contributed by atoms with Gasteiger partial charge >= 0.3 is 0 Å². The van der Waals surface area contributed by atoms with Crippen LogP contribution < -0.4 is 25.9 Å². The fourth-order valence-electron chi connectivity index (χ4n) is 11.2. The number of nitrogens with zero attached hydrogens (tertiary/aromatic N) is 2. The first-order valence-electron chi connectivity index (χ1n) is 22.5. The number of para-hydroxylation sites is 4. The minimum atomic E-state index is -0.102. The zero-order valence-electron chi connectivity index (χ0n) is 35.4. The van der Waals surface area contributed by atoms with Gasteiger partial charge in [-0.2, -0.15) is 0 Å². The number of benzene rings is 10. The van der Waals surface area contributed by atoms with Crippen LogP contribution >= 0.6 is 0 Å². The Hall–Kier alpha value is -8.74. The summed E-state index contributed by atoms with van der Waals surface area (Å²) in [5, 5.41) is 6.68. The molecule has 5 heterocycles. The first kappa shape index (κ1) is 35.7. The highest BCUT2D eigenvalue weighted by molar-refractivity contribution is 6.98. The van der Waals surface area contributed by atoms with Crippen LogP contribution in [0, 0.1) is 0 Å². The Kier molecular flexibility index (Phi) is 7.24. The minimum Gasteiger partial charge on any atom is -0.458 e. The highest BCUT2D eigenvalue weighted by atomic mass is 16.5. The van der Waals surface area contributed by atoms with Crippen molar-refractivity contribution >= 4 is 88.7 Å². The number of hydrogen-bond donors (Lipinski definition) is 0. The van der Waals surface area contributed by atoms with Gasteiger partial charge in [-0.3, -0.25) is 0 Å². The Balaban J connectivity index is 1.07. The van der Waals surface area contributed by atoms with Gasteiger partial charge in [-0.25, -0.2) is 0 Å². The molecule has 0 saturated carbocycles. The van der Waals surface area contributed by atoms with Crippen LogP contribution in [0.2, 0.25) is 0 Å².